The van der Waals surface area contributed by atoms with Crippen LogP contribution in [0.2, 0.25) is 0 Å². The third-order valence-corrected chi connectivity index (χ3v) is 14.0. The highest BCUT2D eigenvalue weighted by Gasteiger charge is 2.53. The fourth-order valence-electron chi connectivity index (χ4n) is 7.20. The SMILES string of the molecule is c1ccc(-c2ccc(N(c3ccccc3)c3ccc4c(c3)[Si]3(c5ccccc5Oc5ccccc53)c3ccccc3O4)cc2)cc1. The summed E-state index contributed by atoms with van der Waals surface area (Å²) in [6.45, 7) is 0. The van der Waals surface area contributed by atoms with Gasteiger partial charge in [0.1, 0.15) is 23.0 Å². The Labute approximate surface area is 269 Å². The van der Waals surface area contributed by atoms with Crippen LogP contribution >= 0.6 is 0 Å². The van der Waals surface area contributed by atoms with Gasteiger partial charge in [-0.3, -0.25) is 0 Å². The molecule has 0 saturated heterocycles. The smallest absolute Gasteiger partial charge is 0.196 e. The van der Waals surface area contributed by atoms with Crippen LogP contribution in [0.1, 0.15) is 0 Å². The van der Waals surface area contributed by atoms with E-state index in [2.05, 4.69) is 181 Å². The molecule has 0 atom stereocenters. The fourth-order valence-corrected chi connectivity index (χ4v) is 12.4. The van der Waals surface area contributed by atoms with E-state index in [1.165, 1.54) is 31.9 Å². The molecule has 9 rings (SSSR count). The molecule has 0 fully saturated rings. The second-order valence-corrected chi connectivity index (χ2v) is 15.4. The first-order valence-corrected chi connectivity index (χ1v) is 17.6. The number of hydrogen-bond donors (Lipinski definition) is 0. The molecule has 7 aromatic rings. The summed E-state index contributed by atoms with van der Waals surface area (Å²) in [7, 11) is -2.86. The van der Waals surface area contributed by atoms with Crippen molar-refractivity contribution in [2.45, 2.75) is 0 Å². The molecule has 0 radical (unpaired) electrons. The normalized spacial score (nSPS) is 13.3. The number of nitrogens with zero attached hydrogens (tertiary/aromatic N) is 1. The topological polar surface area (TPSA) is 21.7 Å². The van der Waals surface area contributed by atoms with Gasteiger partial charge in [0.05, 0.1) is 0 Å². The molecule has 3 nitrogen and oxygen atoms in total. The Bertz CT molecular complexity index is 2110. The molecule has 0 amide bonds. The lowest BCUT2D eigenvalue weighted by atomic mass is 10.0. The van der Waals surface area contributed by atoms with Gasteiger partial charge < -0.3 is 14.4 Å². The minimum Gasteiger partial charge on any atom is -0.458 e. The zero-order chi connectivity index (χ0) is 30.5. The molecule has 0 saturated carbocycles. The van der Waals surface area contributed by atoms with Crippen LogP contribution in [-0.2, 0) is 0 Å². The molecule has 0 aromatic heterocycles. The lowest BCUT2D eigenvalue weighted by Gasteiger charge is -2.43. The maximum absolute atomic E-state index is 6.72. The highest BCUT2D eigenvalue weighted by Crippen LogP contribution is 2.40. The summed E-state index contributed by atoms with van der Waals surface area (Å²) in [4.78, 5) is 2.34. The summed E-state index contributed by atoms with van der Waals surface area (Å²) in [5.74, 6) is 3.64. The van der Waals surface area contributed by atoms with E-state index in [4.69, 9.17) is 9.47 Å². The van der Waals surface area contributed by atoms with Gasteiger partial charge in [0.15, 0.2) is 8.07 Å². The van der Waals surface area contributed by atoms with Crippen molar-refractivity contribution in [1.82, 2.24) is 0 Å². The van der Waals surface area contributed by atoms with Gasteiger partial charge in [0.2, 0.25) is 0 Å². The summed E-state index contributed by atoms with van der Waals surface area (Å²) in [5, 5.41) is 4.93. The van der Waals surface area contributed by atoms with Crippen molar-refractivity contribution in [2.75, 3.05) is 4.90 Å². The van der Waals surface area contributed by atoms with Crippen LogP contribution in [0.15, 0.2) is 176 Å². The van der Waals surface area contributed by atoms with Gasteiger partial charge in [-0.2, -0.15) is 0 Å². The number of hydrogen-bond acceptors (Lipinski definition) is 3. The minimum atomic E-state index is -2.86. The van der Waals surface area contributed by atoms with Crippen molar-refractivity contribution in [2.24, 2.45) is 0 Å². The third-order valence-electron chi connectivity index (χ3n) is 9.19. The Morgan fingerprint density at radius 3 is 1.30 bits per heavy atom. The summed E-state index contributed by atoms with van der Waals surface area (Å²) in [5.41, 5.74) is 5.65. The van der Waals surface area contributed by atoms with Gasteiger partial charge in [-0.15, -0.1) is 0 Å². The number of benzene rings is 7. The van der Waals surface area contributed by atoms with Crippen LogP contribution in [0, 0.1) is 0 Å². The van der Waals surface area contributed by atoms with Crippen molar-refractivity contribution >= 4 is 45.9 Å². The van der Waals surface area contributed by atoms with Gasteiger partial charge in [0, 0.05) is 17.1 Å². The van der Waals surface area contributed by atoms with E-state index in [0.717, 1.165) is 40.1 Å². The predicted octanol–water partition coefficient (Wildman–Crippen LogP) is 8.41. The molecule has 0 bridgehead atoms. The van der Waals surface area contributed by atoms with Gasteiger partial charge in [-0.25, -0.2) is 0 Å². The van der Waals surface area contributed by atoms with Crippen molar-refractivity contribution in [1.29, 1.82) is 0 Å². The van der Waals surface area contributed by atoms with E-state index >= 15 is 0 Å². The van der Waals surface area contributed by atoms with Crippen LogP contribution in [-0.4, -0.2) is 8.07 Å². The average molecular weight is 608 g/mol. The Balaban J connectivity index is 1.29. The number of rotatable bonds is 4. The van der Waals surface area contributed by atoms with Gasteiger partial charge >= 0.3 is 0 Å². The monoisotopic (exact) mass is 607 g/mol. The lowest BCUT2D eigenvalue weighted by Crippen LogP contribution is -2.77. The van der Waals surface area contributed by atoms with Gasteiger partial charge in [0.25, 0.3) is 0 Å². The Morgan fingerprint density at radius 2 is 0.739 bits per heavy atom. The third kappa shape index (κ3) is 4.04. The Kier molecular flexibility index (Phi) is 6.15. The molecule has 0 aliphatic carbocycles. The van der Waals surface area contributed by atoms with Crippen LogP contribution < -0.4 is 35.1 Å². The summed E-state index contributed by atoms with van der Waals surface area (Å²) < 4.78 is 13.3. The first-order valence-electron chi connectivity index (χ1n) is 15.6. The lowest BCUT2D eigenvalue weighted by molar-refractivity contribution is 0.481. The molecular formula is C42H29NO2Si. The zero-order valence-corrected chi connectivity index (χ0v) is 26.0. The second-order valence-electron chi connectivity index (χ2n) is 11.7. The summed E-state index contributed by atoms with van der Waals surface area (Å²) >= 11 is 0. The molecule has 0 unspecified atom stereocenters. The molecule has 218 valence electrons. The zero-order valence-electron chi connectivity index (χ0n) is 25.0. The number of fused-ring (bicyclic) bond motifs is 8. The number of anilines is 3. The number of ether oxygens (including phenoxy) is 2. The van der Waals surface area contributed by atoms with Crippen molar-refractivity contribution in [3.63, 3.8) is 0 Å². The molecule has 2 aliphatic rings. The first-order chi connectivity index (χ1) is 22.8. The van der Waals surface area contributed by atoms with Crippen LogP contribution in [0.5, 0.6) is 23.0 Å². The minimum absolute atomic E-state index is 0.896. The second kappa shape index (κ2) is 10.7. The standard InChI is InChI=1S/C42H29NO2Si/c1-3-13-30(14-4-1)31-23-25-33(26-24-31)43(32-15-5-2-6-16-32)34-27-28-38-42(29-34)46(41-22-12-9-19-37(41)45-38)39-20-10-7-17-35(39)44-36-18-8-11-21-40(36)46/h1-29H. The van der Waals surface area contributed by atoms with Gasteiger partial charge in [-0.1, -0.05) is 115 Å². The van der Waals surface area contributed by atoms with Crippen LogP contribution in [0.25, 0.3) is 11.1 Å². The fraction of sp³-hybridized carbons (Fsp3) is 0. The van der Waals surface area contributed by atoms with Crippen LogP contribution in [0.3, 0.4) is 0 Å². The largest absolute Gasteiger partial charge is 0.458 e. The molecule has 7 aromatic carbocycles. The van der Waals surface area contributed by atoms with E-state index in [1.54, 1.807) is 0 Å². The summed E-state index contributed by atoms with van der Waals surface area (Å²) in [6, 6.07) is 62.4. The molecular weight excluding hydrogens is 579 g/mol. The molecule has 0 N–H and O–H groups in total. The van der Waals surface area contributed by atoms with E-state index < -0.39 is 8.07 Å². The molecule has 2 heterocycles. The van der Waals surface area contributed by atoms with Gasteiger partial charge in [-0.05, 0) is 92.5 Å². The quantitative estimate of drug-likeness (QED) is 0.188. The van der Waals surface area contributed by atoms with E-state index in [1.807, 2.05) is 0 Å². The van der Waals surface area contributed by atoms with E-state index in [9.17, 15) is 0 Å². The number of para-hydroxylation sites is 4. The predicted molar refractivity (Wildman–Crippen MR) is 190 cm³/mol. The Morgan fingerprint density at radius 1 is 0.326 bits per heavy atom. The average Bonchev–Trinajstić information content (AvgIpc) is 3.13. The molecule has 1 spiro atoms. The van der Waals surface area contributed by atoms with E-state index in [-0.39, 0.29) is 0 Å². The molecule has 46 heavy (non-hydrogen) atoms. The van der Waals surface area contributed by atoms with Crippen molar-refractivity contribution in [3.05, 3.63) is 176 Å². The molecule has 2 aliphatic heterocycles. The maximum Gasteiger partial charge on any atom is 0.196 e. The van der Waals surface area contributed by atoms with Crippen molar-refractivity contribution < 1.29 is 9.47 Å². The Hall–Kier alpha value is -5.84. The first kappa shape index (κ1) is 26.5. The van der Waals surface area contributed by atoms with Crippen molar-refractivity contribution in [3.8, 4) is 34.1 Å². The highest BCUT2D eigenvalue weighted by molar-refractivity contribution is 7.21. The maximum atomic E-state index is 6.72. The van der Waals surface area contributed by atoms with E-state index in [0.29, 0.717) is 0 Å². The summed E-state index contributed by atoms with van der Waals surface area (Å²) in [6.07, 6.45) is 0. The molecule has 4 heteroatoms. The van der Waals surface area contributed by atoms with Crippen LogP contribution in [0.4, 0.5) is 17.1 Å². The highest BCUT2D eigenvalue weighted by atomic mass is 28.3.